The molecule has 0 spiro atoms. The van der Waals surface area contributed by atoms with E-state index in [1.165, 1.54) is 16.4 Å². The Morgan fingerprint density at radius 1 is 1.12 bits per heavy atom. The van der Waals surface area contributed by atoms with Crippen LogP contribution in [0.1, 0.15) is 0 Å². The molecule has 1 N–H and O–H groups in total. The van der Waals surface area contributed by atoms with E-state index >= 15 is 0 Å². The molecular weight excluding hydrogens is 330 g/mol. The SMILES string of the molecule is O=c1cccnn1CCOc1ccnc2cc(N3CCNCC3)ccc12. The minimum absolute atomic E-state index is 0.128. The number of nitrogens with one attached hydrogen (secondary N) is 1. The molecule has 1 aliphatic rings. The molecule has 26 heavy (non-hydrogen) atoms. The highest BCUT2D eigenvalue weighted by Crippen LogP contribution is 2.28. The quantitative estimate of drug-likeness (QED) is 0.747. The van der Waals surface area contributed by atoms with Crippen LogP contribution in [0.2, 0.25) is 0 Å². The highest BCUT2D eigenvalue weighted by Gasteiger charge is 2.12. The summed E-state index contributed by atoms with van der Waals surface area (Å²) in [6.07, 6.45) is 3.35. The fraction of sp³-hybridized carbons (Fsp3) is 0.316. The lowest BCUT2D eigenvalue weighted by Gasteiger charge is -2.29. The van der Waals surface area contributed by atoms with E-state index in [1.807, 2.05) is 6.07 Å². The molecular formula is C19H21N5O2. The van der Waals surface area contributed by atoms with Crippen LogP contribution in [-0.4, -0.2) is 47.6 Å². The lowest BCUT2D eigenvalue weighted by molar-refractivity contribution is 0.290. The molecule has 3 aromatic rings. The first-order valence-electron chi connectivity index (χ1n) is 8.81. The Bertz CT molecular complexity index is 950. The molecule has 4 rings (SSSR count). The Morgan fingerprint density at radius 3 is 2.85 bits per heavy atom. The third-order valence-electron chi connectivity index (χ3n) is 4.51. The van der Waals surface area contributed by atoms with Crippen LogP contribution in [0.4, 0.5) is 5.69 Å². The van der Waals surface area contributed by atoms with Gasteiger partial charge in [0.15, 0.2) is 0 Å². The van der Waals surface area contributed by atoms with Crippen molar-refractivity contribution in [3.8, 4) is 5.75 Å². The average Bonchev–Trinajstić information content (AvgIpc) is 2.70. The summed E-state index contributed by atoms with van der Waals surface area (Å²) in [5, 5.41) is 8.37. The molecule has 1 aliphatic heterocycles. The van der Waals surface area contributed by atoms with Gasteiger partial charge >= 0.3 is 0 Å². The van der Waals surface area contributed by atoms with E-state index < -0.39 is 0 Å². The van der Waals surface area contributed by atoms with Gasteiger partial charge in [0.1, 0.15) is 12.4 Å². The van der Waals surface area contributed by atoms with Gasteiger partial charge in [0.05, 0.1) is 12.1 Å². The van der Waals surface area contributed by atoms with Gasteiger partial charge in [0.25, 0.3) is 5.56 Å². The van der Waals surface area contributed by atoms with Crippen LogP contribution in [0.15, 0.2) is 53.6 Å². The molecule has 0 atom stereocenters. The molecule has 7 nitrogen and oxygen atoms in total. The number of ether oxygens (including phenoxy) is 1. The van der Waals surface area contributed by atoms with Gasteiger partial charge in [-0.2, -0.15) is 5.10 Å². The lowest BCUT2D eigenvalue weighted by atomic mass is 10.1. The highest BCUT2D eigenvalue weighted by atomic mass is 16.5. The molecule has 1 aromatic carbocycles. The van der Waals surface area contributed by atoms with Crippen molar-refractivity contribution in [3.63, 3.8) is 0 Å². The van der Waals surface area contributed by atoms with Gasteiger partial charge < -0.3 is 15.0 Å². The van der Waals surface area contributed by atoms with Crippen molar-refractivity contribution in [1.29, 1.82) is 0 Å². The number of fused-ring (bicyclic) bond motifs is 1. The molecule has 3 heterocycles. The van der Waals surface area contributed by atoms with E-state index in [1.54, 1.807) is 18.5 Å². The van der Waals surface area contributed by atoms with Crippen molar-refractivity contribution < 1.29 is 4.74 Å². The van der Waals surface area contributed by atoms with Gasteiger partial charge in [-0.3, -0.25) is 9.78 Å². The number of aromatic nitrogens is 3. The summed E-state index contributed by atoms with van der Waals surface area (Å²) in [4.78, 5) is 18.5. The Morgan fingerprint density at radius 2 is 2.00 bits per heavy atom. The Balaban J connectivity index is 1.50. The second-order valence-electron chi connectivity index (χ2n) is 6.18. The summed E-state index contributed by atoms with van der Waals surface area (Å²) in [6.45, 7) is 4.78. The molecule has 0 radical (unpaired) electrons. The normalized spacial score (nSPS) is 14.5. The molecule has 0 bridgehead atoms. The fourth-order valence-electron chi connectivity index (χ4n) is 3.15. The zero-order chi connectivity index (χ0) is 17.8. The second-order valence-corrected chi connectivity index (χ2v) is 6.18. The van der Waals surface area contributed by atoms with E-state index in [0.29, 0.717) is 13.2 Å². The molecule has 134 valence electrons. The summed E-state index contributed by atoms with van der Waals surface area (Å²) in [6, 6.07) is 11.3. The minimum Gasteiger partial charge on any atom is -0.491 e. The predicted molar refractivity (Wildman–Crippen MR) is 101 cm³/mol. The number of anilines is 1. The lowest BCUT2D eigenvalue weighted by Crippen LogP contribution is -2.43. The van der Waals surface area contributed by atoms with Crippen molar-refractivity contribution in [3.05, 3.63) is 59.1 Å². The first-order valence-corrected chi connectivity index (χ1v) is 8.81. The molecule has 7 heteroatoms. The van der Waals surface area contributed by atoms with Crippen LogP contribution in [0, 0.1) is 0 Å². The summed E-state index contributed by atoms with van der Waals surface area (Å²) in [5.74, 6) is 0.769. The summed E-state index contributed by atoms with van der Waals surface area (Å²) < 4.78 is 7.29. The Labute approximate surface area is 151 Å². The van der Waals surface area contributed by atoms with Crippen LogP contribution in [-0.2, 0) is 6.54 Å². The number of piperazine rings is 1. The first kappa shape index (κ1) is 16.5. The van der Waals surface area contributed by atoms with Gasteiger partial charge in [0, 0.05) is 55.7 Å². The Kier molecular flexibility index (Phi) is 4.79. The highest BCUT2D eigenvalue weighted by molar-refractivity contribution is 5.87. The van der Waals surface area contributed by atoms with E-state index in [9.17, 15) is 4.79 Å². The third-order valence-corrected chi connectivity index (χ3v) is 4.51. The van der Waals surface area contributed by atoms with Crippen molar-refractivity contribution in [2.45, 2.75) is 6.54 Å². The zero-order valence-corrected chi connectivity index (χ0v) is 14.5. The largest absolute Gasteiger partial charge is 0.491 e. The van der Waals surface area contributed by atoms with Crippen LogP contribution in [0.25, 0.3) is 10.9 Å². The Hall–Kier alpha value is -2.93. The maximum atomic E-state index is 11.7. The average molecular weight is 351 g/mol. The zero-order valence-electron chi connectivity index (χ0n) is 14.5. The molecule has 1 fully saturated rings. The van der Waals surface area contributed by atoms with Gasteiger partial charge in [-0.25, -0.2) is 4.68 Å². The van der Waals surface area contributed by atoms with Crippen LogP contribution in [0.3, 0.4) is 0 Å². The molecule has 1 saturated heterocycles. The minimum atomic E-state index is -0.128. The number of hydrogen-bond donors (Lipinski definition) is 1. The third kappa shape index (κ3) is 3.52. The smallest absolute Gasteiger partial charge is 0.266 e. The maximum Gasteiger partial charge on any atom is 0.266 e. The number of hydrogen-bond acceptors (Lipinski definition) is 6. The molecule has 2 aromatic heterocycles. The summed E-state index contributed by atoms with van der Waals surface area (Å²) in [5.41, 5.74) is 1.97. The van der Waals surface area contributed by atoms with Gasteiger partial charge in [-0.15, -0.1) is 0 Å². The summed E-state index contributed by atoms with van der Waals surface area (Å²) in [7, 11) is 0. The first-order chi connectivity index (χ1) is 12.8. The van der Waals surface area contributed by atoms with E-state index in [4.69, 9.17) is 4.74 Å². The molecule has 0 aliphatic carbocycles. The second kappa shape index (κ2) is 7.53. The topological polar surface area (TPSA) is 72.3 Å². The molecule has 0 saturated carbocycles. The molecule has 0 unspecified atom stereocenters. The van der Waals surface area contributed by atoms with Crippen LogP contribution < -0.4 is 20.5 Å². The van der Waals surface area contributed by atoms with Gasteiger partial charge in [0.2, 0.25) is 0 Å². The number of pyridine rings is 1. The van der Waals surface area contributed by atoms with Crippen molar-refractivity contribution in [2.24, 2.45) is 0 Å². The molecule has 0 amide bonds. The standard InChI is InChI=1S/C19H21N5O2/c25-19-2-1-6-22-24(19)12-13-26-18-5-7-21-17-14-15(3-4-16(17)18)23-10-8-20-9-11-23/h1-7,14,20H,8-13H2. The fourth-order valence-corrected chi connectivity index (χ4v) is 3.15. The van der Waals surface area contributed by atoms with Crippen LogP contribution in [0.5, 0.6) is 5.75 Å². The van der Waals surface area contributed by atoms with E-state index in [-0.39, 0.29) is 5.56 Å². The van der Waals surface area contributed by atoms with Crippen molar-refractivity contribution in [2.75, 3.05) is 37.7 Å². The van der Waals surface area contributed by atoms with E-state index in [0.717, 1.165) is 42.8 Å². The summed E-state index contributed by atoms with van der Waals surface area (Å²) >= 11 is 0. The number of nitrogens with zero attached hydrogens (tertiary/aromatic N) is 4. The number of benzene rings is 1. The van der Waals surface area contributed by atoms with Crippen LogP contribution >= 0.6 is 0 Å². The van der Waals surface area contributed by atoms with Crippen molar-refractivity contribution >= 4 is 16.6 Å². The van der Waals surface area contributed by atoms with Gasteiger partial charge in [-0.05, 0) is 30.3 Å². The monoisotopic (exact) mass is 351 g/mol. The maximum absolute atomic E-state index is 11.7. The van der Waals surface area contributed by atoms with Crippen molar-refractivity contribution in [1.82, 2.24) is 20.1 Å². The number of rotatable bonds is 5. The van der Waals surface area contributed by atoms with Gasteiger partial charge in [-0.1, -0.05) is 0 Å². The predicted octanol–water partition coefficient (Wildman–Crippen LogP) is 1.28. The van der Waals surface area contributed by atoms with E-state index in [2.05, 4.69) is 38.5 Å².